The van der Waals surface area contributed by atoms with Gasteiger partial charge in [-0.25, -0.2) is 8.42 Å². The minimum absolute atomic E-state index is 0.0533. The summed E-state index contributed by atoms with van der Waals surface area (Å²) in [5.74, 6) is 0. The van der Waals surface area contributed by atoms with E-state index < -0.39 is 10.0 Å². The van der Waals surface area contributed by atoms with E-state index in [1.54, 1.807) is 20.0 Å². The number of hydrogen-bond acceptors (Lipinski definition) is 3. The topological polar surface area (TPSA) is 49.4 Å². The Morgan fingerprint density at radius 2 is 2.00 bits per heavy atom. The number of nitrogens with zero attached hydrogens (tertiary/aromatic N) is 1. The van der Waals surface area contributed by atoms with Gasteiger partial charge in [0.1, 0.15) is 4.90 Å². The van der Waals surface area contributed by atoms with Gasteiger partial charge < -0.3 is 5.32 Å². The molecule has 0 bridgehead atoms. The van der Waals surface area contributed by atoms with E-state index in [4.69, 9.17) is 23.2 Å². The number of likely N-dealkylation sites (N-methyl/N-ethyl adjacent to an activating group) is 1. The third-order valence-electron chi connectivity index (χ3n) is 2.68. The molecule has 0 aliphatic rings. The predicted octanol–water partition coefficient (Wildman–Crippen LogP) is 2.91. The third-order valence-corrected chi connectivity index (χ3v) is 5.43. The maximum Gasteiger partial charge on any atom is 0.244 e. The number of rotatable bonds is 6. The van der Waals surface area contributed by atoms with Gasteiger partial charge >= 0.3 is 0 Å². The second-order valence-electron chi connectivity index (χ2n) is 4.59. The van der Waals surface area contributed by atoms with Gasteiger partial charge in [0.15, 0.2) is 0 Å². The summed E-state index contributed by atoms with van der Waals surface area (Å²) >= 11 is 12.3. The van der Waals surface area contributed by atoms with Crippen molar-refractivity contribution in [2.75, 3.05) is 20.6 Å². The summed E-state index contributed by atoms with van der Waals surface area (Å²) in [6, 6.07) is 2.97. The van der Waals surface area contributed by atoms with Crippen molar-refractivity contribution < 1.29 is 8.42 Å². The first-order chi connectivity index (χ1) is 9.21. The molecule has 0 saturated heterocycles. The summed E-state index contributed by atoms with van der Waals surface area (Å²) in [6.45, 7) is 6.11. The fourth-order valence-corrected chi connectivity index (χ4v) is 3.86. The highest BCUT2D eigenvalue weighted by Gasteiger charge is 2.25. The van der Waals surface area contributed by atoms with Crippen molar-refractivity contribution in [3.8, 4) is 0 Å². The summed E-state index contributed by atoms with van der Waals surface area (Å²) < 4.78 is 26.2. The smallest absolute Gasteiger partial charge is 0.244 e. The van der Waals surface area contributed by atoms with E-state index in [0.29, 0.717) is 17.1 Å². The molecule has 1 rings (SSSR count). The number of nitrogens with one attached hydrogen (secondary N) is 1. The highest BCUT2D eigenvalue weighted by atomic mass is 35.5. The van der Waals surface area contributed by atoms with E-state index in [-0.39, 0.29) is 16.5 Å². The molecule has 4 nitrogen and oxygen atoms in total. The first-order valence-corrected chi connectivity index (χ1v) is 8.13. The molecule has 0 spiro atoms. The van der Waals surface area contributed by atoms with Crippen molar-refractivity contribution in [1.29, 1.82) is 0 Å². The van der Waals surface area contributed by atoms with Gasteiger partial charge in [-0.05, 0) is 26.1 Å². The molecule has 7 heteroatoms. The molecule has 0 amide bonds. The van der Waals surface area contributed by atoms with E-state index in [1.165, 1.54) is 17.4 Å². The van der Waals surface area contributed by atoms with Gasteiger partial charge in [-0.3, -0.25) is 0 Å². The molecule has 0 aliphatic carbocycles. The van der Waals surface area contributed by atoms with Gasteiger partial charge in [-0.15, -0.1) is 0 Å². The second kappa shape index (κ2) is 6.91. The molecule has 0 atom stereocenters. The Balaban J connectivity index is 3.32. The van der Waals surface area contributed by atoms with Gasteiger partial charge in [0.25, 0.3) is 0 Å². The first kappa shape index (κ1) is 17.5. The van der Waals surface area contributed by atoms with Crippen molar-refractivity contribution in [2.45, 2.75) is 18.4 Å². The van der Waals surface area contributed by atoms with Crippen LogP contribution in [0.15, 0.2) is 29.2 Å². The Kier molecular flexibility index (Phi) is 6.04. The second-order valence-corrected chi connectivity index (χ2v) is 7.39. The molecule has 0 fully saturated rings. The lowest BCUT2D eigenvalue weighted by atomic mass is 10.2. The van der Waals surface area contributed by atoms with Crippen LogP contribution in [0.4, 0.5) is 0 Å². The van der Waals surface area contributed by atoms with Crippen molar-refractivity contribution in [1.82, 2.24) is 9.62 Å². The zero-order valence-electron chi connectivity index (χ0n) is 11.7. The largest absolute Gasteiger partial charge is 0.316 e. The maximum atomic E-state index is 12.5. The van der Waals surface area contributed by atoms with Gasteiger partial charge in [-0.1, -0.05) is 35.4 Å². The zero-order chi connectivity index (χ0) is 15.5. The standard InChI is InChI=1S/C13H18Cl2N2O2S/c1-9(2)8-17(4)20(18,19)12-6-5-11(14)10(7-16-3)13(12)15/h5-6,16H,1,7-8H2,2-4H3. The quantitative estimate of drug-likeness (QED) is 0.812. The van der Waals surface area contributed by atoms with Crippen LogP contribution in [0.25, 0.3) is 0 Å². The fraction of sp³-hybridized carbons (Fsp3) is 0.385. The van der Waals surface area contributed by atoms with Crippen molar-refractivity contribution in [3.63, 3.8) is 0 Å². The minimum Gasteiger partial charge on any atom is -0.316 e. The predicted molar refractivity (Wildman–Crippen MR) is 83.9 cm³/mol. The summed E-state index contributed by atoms with van der Waals surface area (Å²) in [4.78, 5) is 0.0533. The minimum atomic E-state index is -3.67. The summed E-state index contributed by atoms with van der Waals surface area (Å²) in [6.07, 6.45) is 0. The Labute approximate surface area is 130 Å². The van der Waals surface area contributed by atoms with Crippen molar-refractivity contribution >= 4 is 33.2 Å². The lowest BCUT2D eigenvalue weighted by molar-refractivity contribution is 0.493. The Bertz CT molecular complexity index is 615. The molecule has 1 aromatic rings. The first-order valence-electron chi connectivity index (χ1n) is 5.94. The Hall–Kier alpha value is -0.590. The van der Waals surface area contributed by atoms with Crippen LogP contribution in [-0.2, 0) is 16.6 Å². The molecule has 1 aromatic carbocycles. The van der Waals surface area contributed by atoms with E-state index in [0.717, 1.165) is 5.57 Å². The van der Waals surface area contributed by atoms with Crippen LogP contribution in [-0.4, -0.2) is 33.4 Å². The molecule has 0 aliphatic heterocycles. The number of halogens is 2. The molecule has 0 saturated carbocycles. The summed E-state index contributed by atoms with van der Waals surface area (Å²) in [5, 5.41) is 3.50. The van der Waals surface area contributed by atoms with E-state index in [2.05, 4.69) is 11.9 Å². The number of benzene rings is 1. The monoisotopic (exact) mass is 336 g/mol. The highest BCUT2D eigenvalue weighted by molar-refractivity contribution is 7.89. The third kappa shape index (κ3) is 3.74. The van der Waals surface area contributed by atoms with Crippen LogP contribution >= 0.6 is 23.2 Å². The zero-order valence-corrected chi connectivity index (χ0v) is 14.0. The van der Waals surface area contributed by atoms with Crippen LogP contribution in [0.1, 0.15) is 12.5 Å². The van der Waals surface area contributed by atoms with Crippen LogP contribution in [0.3, 0.4) is 0 Å². The normalized spacial score (nSPS) is 11.9. The lowest BCUT2D eigenvalue weighted by Crippen LogP contribution is -2.28. The van der Waals surface area contributed by atoms with E-state index in [1.807, 2.05) is 0 Å². The van der Waals surface area contributed by atoms with E-state index >= 15 is 0 Å². The van der Waals surface area contributed by atoms with E-state index in [9.17, 15) is 8.42 Å². The SMILES string of the molecule is C=C(C)CN(C)S(=O)(=O)c1ccc(Cl)c(CNC)c1Cl. The maximum absolute atomic E-state index is 12.5. The summed E-state index contributed by atoms with van der Waals surface area (Å²) in [7, 11) is -0.438. The Morgan fingerprint density at radius 3 is 2.50 bits per heavy atom. The van der Waals surface area contributed by atoms with Gasteiger partial charge in [-0.2, -0.15) is 4.31 Å². The van der Waals surface area contributed by atoms with Gasteiger partial charge in [0, 0.05) is 30.7 Å². The summed E-state index contributed by atoms with van der Waals surface area (Å²) in [5.41, 5.74) is 1.32. The van der Waals surface area contributed by atoms with Crippen molar-refractivity contribution in [2.24, 2.45) is 0 Å². The molecule has 112 valence electrons. The average molecular weight is 337 g/mol. The molecule has 0 heterocycles. The molecule has 20 heavy (non-hydrogen) atoms. The molecule has 0 aromatic heterocycles. The molecule has 1 N–H and O–H groups in total. The average Bonchev–Trinajstić information content (AvgIpc) is 2.33. The van der Waals surface area contributed by atoms with Crippen LogP contribution in [0.2, 0.25) is 10.0 Å². The fourth-order valence-electron chi connectivity index (χ4n) is 1.75. The van der Waals surface area contributed by atoms with Crippen LogP contribution in [0, 0.1) is 0 Å². The Morgan fingerprint density at radius 1 is 1.40 bits per heavy atom. The van der Waals surface area contributed by atoms with Crippen LogP contribution in [0.5, 0.6) is 0 Å². The number of hydrogen-bond donors (Lipinski definition) is 1. The molecular weight excluding hydrogens is 319 g/mol. The number of sulfonamides is 1. The van der Waals surface area contributed by atoms with Crippen LogP contribution < -0.4 is 5.32 Å². The molecule has 0 unspecified atom stereocenters. The molecular formula is C13H18Cl2N2O2S. The lowest BCUT2D eigenvalue weighted by Gasteiger charge is -2.19. The van der Waals surface area contributed by atoms with Crippen molar-refractivity contribution in [3.05, 3.63) is 39.9 Å². The molecule has 0 radical (unpaired) electrons. The highest BCUT2D eigenvalue weighted by Crippen LogP contribution is 2.32. The van der Waals surface area contributed by atoms with Gasteiger partial charge in [0.2, 0.25) is 10.0 Å². The van der Waals surface area contributed by atoms with Gasteiger partial charge in [0.05, 0.1) is 5.02 Å².